The Morgan fingerprint density at radius 2 is 2.04 bits per heavy atom. The van der Waals surface area contributed by atoms with Crippen molar-refractivity contribution in [3.63, 3.8) is 0 Å². The molecule has 2 N–H and O–H groups in total. The molecule has 6 nitrogen and oxygen atoms in total. The van der Waals surface area contributed by atoms with Gasteiger partial charge in [-0.3, -0.25) is 14.4 Å². The van der Waals surface area contributed by atoms with Gasteiger partial charge >= 0.3 is 0 Å². The van der Waals surface area contributed by atoms with Gasteiger partial charge in [-0.05, 0) is 25.0 Å². The van der Waals surface area contributed by atoms with Gasteiger partial charge in [0.05, 0.1) is 0 Å². The number of hydrogen-bond acceptors (Lipinski definition) is 4. The topological polar surface area (TPSA) is 78.5 Å². The number of amides is 2. The molecule has 0 saturated carbocycles. The van der Waals surface area contributed by atoms with E-state index in [1.807, 2.05) is 32.0 Å². The molecule has 0 aromatic heterocycles. The molecule has 1 aromatic carbocycles. The zero-order valence-electron chi connectivity index (χ0n) is 15.7. The minimum absolute atomic E-state index is 0.0615. The summed E-state index contributed by atoms with van der Waals surface area (Å²) in [4.78, 5) is 40.7. The van der Waals surface area contributed by atoms with Crippen LogP contribution in [0.1, 0.15) is 43.5 Å². The second-order valence-electron chi connectivity index (χ2n) is 8.29. The van der Waals surface area contributed by atoms with E-state index in [4.69, 9.17) is 0 Å². The standard InChI is InChI=1S/C21H25N3O3/c1-4-20(2,3)21(17(25)13-8-5-6-9-14(13)23-21)12-15-19(27)24-11-7-10-16(24)18(26)22-15/h4-6,8-9,15-16,23H,1,7,10-12H2,2-3H3,(H,22,26)/t15-,16-,21-/m0/s1. The summed E-state index contributed by atoms with van der Waals surface area (Å²) in [6, 6.07) is 6.28. The second-order valence-corrected chi connectivity index (χ2v) is 8.29. The van der Waals surface area contributed by atoms with Gasteiger partial charge in [0.2, 0.25) is 11.8 Å². The summed E-state index contributed by atoms with van der Waals surface area (Å²) in [6.07, 6.45) is 3.48. The fraction of sp³-hybridized carbons (Fsp3) is 0.476. The van der Waals surface area contributed by atoms with Gasteiger partial charge in [0.1, 0.15) is 17.6 Å². The van der Waals surface area contributed by atoms with Crippen molar-refractivity contribution in [1.29, 1.82) is 0 Å². The molecule has 3 heterocycles. The summed E-state index contributed by atoms with van der Waals surface area (Å²) in [7, 11) is 0. The first-order valence-corrected chi connectivity index (χ1v) is 9.47. The maximum Gasteiger partial charge on any atom is 0.245 e. The van der Waals surface area contributed by atoms with Crippen molar-refractivity contribution in [2.24, 2.45) is 5.41 Å². The fourth-order valence-electron chi connectivity index (χ4n) is 4.62. The van der Waals surface area contributed by atoms with Crippen LogP contribution in [0.3, 0.4) is 0 Å². The van der Waals surface area contributed by atoms with E-state index in [0.717, 1.165) is 12.1 Å². The number of carbonyl (C=O) groups is 3. The summed E-state index contributed by atoms with van der Waals surface area (Å²) >= 11 is 0. The van der Waals surface area contributed by atoms with Crippen LogP contribution < -0.4 is 10.6 Å². The smallest absolute Gasteiger partial charge is 0.245 e. The Labute approximate surface area is 159 Å². The van der Waals surface area contributed by atoms with Crippen molar-refractivity contribution >= 4 is 23.3 Å². The average molecular weight is 367 g/mol. The average Bonchev–Trinajstić information content (AvgIpc) is 3.25. The monoisotopic (exact) mass is 367 g/mol. The lowest BCUT2D eigenvalue weighted by Crippen LogP contribution is -2.65. The van der Waals surface area contributed by atoms with Crippen molar-refractivity contribution in [2.75, 3.05) is 11.9 Å². The summed E-state index contributed by atoms with van der Waals surface area (Å²) < 4.78 is 0. The molecule has 3 aliphatic rings. The van der Waals surface area contributed by atoms with E-state index in [1.165, 1.54) is 0 Å². The third-order valence-corrected chi connectivity index (χ3v) is 6.48. The molecule has 3 aliphatic heterocycles. The predicted molar refractivity (Wildman–Crippen MR) is 102 cm³/mol. The Morgan fingerprint density at radius 1 is 1.30 bits per heavy atom. The van der Waals surface area contributed by atoms with E-state index < -0.39 is 17.0 Å². The van der Waals surface area contributed by atoms with Crippen LogP contribution in [0.15, 0.2) is 36.9 Å². The number of fused-ring (bicyclic) bond motifs is 2. The highest BCUT2D eigenvalue weighted by Crippen LogP contribution is 2.47. The molecule has 4 rings (SSSR count). The fourth-order valence-corrected chi connectivity index (χ4v) is 4.62. The molecular weight excluding hydrogens is 342 g/mol. The number of ketones is 1. The van der Waals surface area contributed by atoms with Gasteiger partial charge in [-0.2, -0.15) is 0 Å². The maximum atomic E-state index is 13.5. The maximum absolute atomic E-state index is 13.5. The molecular formula is C21H25N3O3. The molecule has 1 aromatic rings. The highest BCUT2D eigenvalue weighted by Gasteiger charge is 2.57. The number of nitrogens with one attached hydrogen (secondary N) is 2. The molecule has 2 saturated heterocycles. The summed E-state index contributed by atoms with van der Waals surface area (Å²) in [5, 5.41) is 6.26. The SMILES string of the molecule is C=CC(C)(C)[C@@]1(C[C@@H]2NC(=O)[C@@H]3CCCN3C2=O)Nc2ccccc2C1=O. The molecule has 0 spiro atoms. The Morgan fingerprint density at radius 3 is 2.74 bits per heavy atom. The Balaban J connectivity index is 1.72. The van der Waals surface area contributed by atoms with Gasteiger partial charge in [-0.15, -0.1) is 6.58 Å². The van der Waals surface area contributed by atoms with Crippen molar-refractivity contribution in [1.82, 2.24) is 10.2 Å². The van der Waals surface area contributed by atoms with Gasteiger partial charge in [-0.25, -0.2) is 0 Å². The lowest BCUT2D eigenvalue weighted by molar-refractivity contribution is -0.147. The van der Waals surface area contributed by atoms with Crippen molar-refractivity contribution in [2.45, 2.75) is 50.7 Å². The molecule has 27 heavy (non-hydrogen) atoms. The van der Waals surface area contributed by atoms with Crippen LogP contribution in [0, 0.1) is 5.41 Å². The van der Waals surface area contributed by atoms with Crippen LogP contribution in [0.5, 0.6) is 0 Å². The van der Waals surface area contributed by atoms with Crippen LogP contribution in [0.4, 0.5) is 5.69 Å². The van der Waals surface area contributed by atoms with Crippen LogP contribution in [-0.4, -0.2) is 46.7 Å². The highest BCUT2D eigenvalue weighted by atomic mass is 16.2. The first-order chi connectivity index (χ1) is 12.8. The Hall–Kier alpha value is -2.63. The molecule has 142 valence electrons. The summed E-state index contributed by atoms with van der Waals surface area (Å²) in [5.74, 6) is -0.276. The zero-order valence-corrected chi connectivity index (χ0v) is 15.7. The van der Waals surface area contributed by atoms with Crippen LogP contribution in [0.2, 0.25) is 0 Å². The summed E-state index contributed by atoms with van der Waals surface area (Å²) in [5.41, 5.74) is -0.304. The summed E-state index contributed by atoms with van der Waals surface area (Å²) in [6.45, 7) is 8.40. The predicted octanol–water partition coefficient (Wildman–Crippen LogP) is 2.13. The number of hydrogen-bond donors (Lipinski definition) is 2. The quantitative estimate of drug-likeness (QED) is 0.799. The first kappa shape index (κ1) is 17.8. The molecule has 3 atom stereocenters. The highest BCUT2D eigenvalue weighted by molar-refractivity contribution is 6.14. The largest absolute Gasteiger partial charge is 0.371 e. The first-order valence-electron chi connectivity index (χ1n) is 9.47. The number of Topliss-reactive ketones (excluding diaryl/α,β-unsaturated/α-hetero) is 1. The minimum atomic E-state index is -1.04. The minimum Gasteiger partial charge on any atom is -0.371 e. The van der Waals surface area contributed by atoms with Crippen molar-refractivity contribution in [3.05, 3.63) is 42.5 Å². The molecule has 0 unspecified atom stereocenters. The molecule has 2 amide bonds. The molecule has 6 heteroatoms. The van der Waals surface area contributed by atoms with Crippen LogP contribution in [0.25, 0.3) is 0 Å². The molecule has 0 bridgehead atoms. The van der Waals surface area contributed by atoms with E-state index in [-0.39, 0.29) is 30.1 Å². The van der Waals surface area contributed by atoms with Crippen LogP contribution in [-0.2, 0) is 9.59 Å². The van der Waals surface area contributed by atoms with Crippen molar-refractivity contribution < 1.29 is 14.4 Å². The lowest BCUT2D eigenvalue weighted by Gasteiger charge is -2.45. The van der Waals surface area contributed by atoms with E-state index >= 15 is 0 Å². The van der Waals surface area contributed by atoms with Crippen LogP contribution >= 0.6 is 0 Å². The van der Waals surface area contributed by atoms with Gasteiger partial charge in [0, 0.05) is 29.6 Å². The number of piperazine rings is 1. The van der Waals surface area contributed by atoms with E-state index in [1.54, 1.807) is 17.0 Å². The van der Waals surface area contributed by atoms with E-state index in [2.05, 4.69) is 17.2 Å². The van der Waals surface area contributed by atoms with Gasteiger partial charge in [-0.1, -0.05) is 32.1 Å². The van der Waals surface area contributed by atoms with Gasteiger partial charge in [0.15, 0.2) is 5.78 Å². The number of nitrogens with zero attached hydrogens (tertiary/aromatic N) is 1. The van der Waals surface area contributed by atoms with Crippen molar-refractivity contribution in [3.8, 4) is 0 Å². The van der Waals surface area contributed by atoms with Gasteiger partial charge in [0.25, 0.3) is 0 Å². The Bertz CT molecular complexity index is 847. The van der Waals surface area contributed by atoms with Gasteiger partial charge < -0.3 is 15.5 Å². The normalized spacial score (nSPS) is 29.9. The number of anilines is 1. The molecule has 0 aliphatic carbocycles. The Kier molecular flexibility index (Phi) is 3.91. The number of rotatable bonds is 4. The third-order valence-electron chi connectivity index (χ3n) is 6.48. The molecule has 2 fully saturated rings. The number of benzene rings is 1. The van der Waals surface area contributed by atoms with E-state index in [9.17, 15) is 14.4 Å². The van der Waals surface area contributed by atoms with E-state index in [0.29, 0.717) is 18.5 Å². The zero-order chi connectivity index (χ0) is 19.4. The number of carbonyl (C=O) groups excluding carboxylic acids is 3. The second kappa shape index (κ2) is 5.94. The third kappa shape index (κ3) is 2.42. The molecule has 0 radical (unpaired) electrons. The lowest BCUT2D eigenvalue weighted by atomic mass is 9.66. The number of para-hydroxylation sites is 1.